The minimum absolute atomic E-state index is 0.0357. The standard InChI is InChI=1S/C39H42N4O5/c1-7-35(44)40-32-22-33(25(2)34(23-32)41-36(45)27-12-14-31(15-13-27)39(3,4)5)30-21-29(37(46)42(6)24-30)20-26-8-10-28(11-9-26)38(47)43-16-18-48-19-17-43/h7-15,21-24H,1,16-20H2,2-6H3,(H,40,44)(H,41,45). The van der Waals surface area contributed by atoms with E-state index in [4.69, 9.17) is 4.74 Å². The van der Waals surface area contributed by atoms with Crippen LogP contribution in [0.2, 0.25) is 0 Å². The van der Waals surface area contributed by atoms with Gasteiger partial charge in [0, 0.05) is 60.8 Å². The largest absolute Gasteiger partial charge is 0.378 e. The van der Waals surface area contributed by atoms with E-state index in [-0.39, 0.29) is 22.8 Å². The summed E-state index contributed by atoms with van der Waals surface area (Å²) in [5.41, 5.74) is 6.71. The van der Waals surface area contributed by atoms with E-state index in [0.29, 0.717) is 60.8 Å². The molecule has 2 N–H and O–H groups in total. The number of nitrogens with zero attached hydrogens (tertiary/aromatic N) is 2. The van der Waals surface area contributed by atoms with Crippen LogP contribution in [0.25, 0.3) is 11.1 Å². The van der Waals surface area contributed by atoms with Gasteiger partial charge in [-0.3, -0.25) is 19.2 Å². The number of nitrogens with one attached hydrogen (secondary N) is 2. The zero-order valence-corrected chi connectivity index (χ0v) is 28.2. The van der Waals surface area contributed by atoms with Crippen molar-refractivity contribution < 1.29 is 19.1 Å². The van der Waals surface area contributed by atoms with Gasteiger partial charge in [0.15, 0.2) is 0 Å². The Labute approximate surface area is 281 Å². The molecule has 1 aliphatic rings. The molecule has 0 spiro atoms. The second kappa shape index (κ2) is 14.2. The van der Waals surface area contributed by atoms with Crippen molar-refractivity contribution in [1.82, 2.24) is 9.47 Å². The van der Waals surface area contributed by atoms with E-state index >= 15 is 0 Å². The van der Waals surface area contributed by atoms with E-state index in [1.54, 1.807) is 48.5 Å². The second-order valence-electron chi connectivity index (χ2n) is 13.1. The van der Waals surface area contributed by atoms with E-state index in [1.807, 2.05) is 43.3 Å². The smallest absolute Gasteiger partial charge is 0.255 e. The number of benzene rings is 3. The molecule has 0 atom stereocenters. The molecule has 9 heteroatoms. The van der Waals surface area contributed by atoms with Crippen LogP contribution in [0.1, 0.15) is 63.7 Å². The Morgan fingerprint density at radius 1 is 0.917 bits per heavy atom. The molecule has 3 amide bonds. The first-order chi connectivity index (χ1) is 22.8. The Hall–Kier alpha value is -5.28. The number of carbonyl (C=O) groups is 3. The molecule has 248 valence electrons. The van der Waals surface area contributed by atoms with Crippen LogP contribution < -0.4 is 16.2 Å². The van der Waals surface area contributed by atoms with Crippen LogP contribution in [0.4, 0.5) is 11.4 Å². The van der Waals surface area contributed by atoms with Gasteiger partial charge in [-0.05, 0) is 88.7 Å². The van der Waals surface area contributed by atoms with Crippen molar-refractivity contribution >= 4 is 29.1 Å². The minimum atomic E-state index is -0.392. The van der Waals surface area contributed by atoms with Gasteiger partial charge in [0.05, 0.1) is 13.2 Å². The summed E-state index contributed by atoms with van der Waals surface area (Å²) >= 11 is 0. The van der Waals surface area contributed by atoms with E-state index in [2.05, 4.69) is 38.0 Å². The molecule has 5 rings (SSSR count). The van der Waals surface area contributed by atoms with Gasteiger partial charge in [-0.2, -0.15) is 0 Å². The lowest BCUT2D eigenvalue weighted by Crippen LogP contribution is -2.40. The Morgan fingerprint density at radius 2 is 1.56 bits per heavy atom. The topological polar surface area (TPSA) is 110 Å². The highest BCUT2D eigenvalue weighted by molar-refractivity contribution is 6.06. The molecule has 2 heterocycles. The highest BCUT2D eigenvalue weighted by Gasteiger charge is 2.20. The van der Waals surface area contributed by atoms with Crippen LogP contribution in [-0.2, 0) is 28.4 Å². The van der Waals surface area contributed by atoms with E-state index in [9.17, 15) is 19.2 Å². The highest BCUT2D eigenvalue weighted by atomic mass is 16.5. The summed E-state index contributed by atoms with van der Waals surface area (Å²) in [6, 6.07) is 20.2. The maximum absolute atomic E-state index is 13.4. The van der Waals surface area contributed by atoms with Crippen LogP contribution in [0.5, 0.6) is 0 Å². The summed E-state index contributed by atoms with van der Waals surface area (Å²) in [5.74, 6) is -0.712. The first-order valence-electron chi connectivity index (χ1n) is 16.0. The van der Waals surface area contributed by atoms with Crippen molar-refractivity contribution in [2.24, 2.45) is 7.05 Å². The summed E-state index contributed by atoms with van der Waals surface area (Å²) in [6.07, 6.45) is 3.28. The van der Waals surface area contributed by atoms with Gasteiger partial charge < -0.3 is 24.8 Å². The number of rotatable bonds is 8. The number of hydrogen-bond donors (Lipinski definition) is 2. The third kappa shape index (κ3) is 7.81. The molecule has 0 saturated carbocycles. The number of amides is 3. The van der Waals surface area contributed by atoms with E-state index in [1.165, 1.54) is 10.6 Å². The molecule has 1 fully saturated rings. The molecule has 4 aromatic rings. The van der Waals surface area contributed by atoms with Gasteiger partial charge in [-0.1, -0.05) is 51.6 Å². The summed E-state index contributed by atoms with van der Waals surface area (Å²) in [7, 11) is 1.70. The Kier molecular flexibility index (Phi) is 10.1. The molecule has 1 saturated heterocycles. The average molecular weight is 647 g/mol. The number of ether oxygens (including phenoxy) is 1. The molecule has 0 unspecified atom stereocenters. The van der Waals surface area contributed by atoms with Crippen molar-refractivity contribution in [1.29, 1.82) is 0 Å². The van der Waals surface area contributed by atoms with E-state index in [0.717, 1.165) is 27.8 Å². The van der Waals surface area contributed by atoms with Crippen LogP contribution in [0.15, 0.2) is 90.4 Å². The van der Waals surface area contributed by atoms with Gasteiger partial charge in [0.2, 0.25) is 5.91 Å². The number of aryl methyl sites for hydroxylation is 1. The fourth-order valence-corrected chi connectivity index (χ4v) is 5.71. The summed E-state index contributed by atoms with van der Waals surface area (Å²) in [4.78, 5) is 53.7. The third-order valence-corrected chi connectivity index (χ3v) is 8.58. The first-order valence-corrected chi connectivity index (χ1v) is 16.0. The SMILES string of the molecule is C=CC(=O)Nc1cc(NC(=O)c2ccc(C(C)(C)C)cc2)c(C)c(-c2cc(Cc3ccc(C(=O)N4CCOCC4)cc3)c(=O)n(C)c2)c1. The lowest BCUT2D eigenvalue weighted by atomic mass is 9.86. The summed E-state index contributed by atoms with van der Waals surface area (Å²) in [5, 5.41) is 5.83. The number of hydrogen-bond acceptors (Lipinski definition) is 5. The Balaban J connectivity index is 1.46. The molecule has 48 heavy (non-hydrogen) atoms. The van der Waals surface area contributed by atoms with Crippen molar-refractivity contribution in [3.8, 4) is 11.1 Å². The first kappa shape index (κ1) is 34.1. The predicted molar refractivity (Wildman–Crippen MR) is 190 cm³/mol. The maximum atomic E-state index is 13.4. The number of anilines is 2. The molecule has 0 aliphatic carbocycles. The van der Waals surface area contributed by atoms with Crippen molar-refractivity contribution in [2.45, 2.75) is 39.5 Å². The Bertz CT molecular complexity index is 1910. The number of morpholine rings is 1. The molecular formula is C39H42N4O5. The van der Waals surface area contributed by atoms with Gasteiger partial charge in [0.1, 0.15) is 0 Å². The molecule has 3 aromatic carbocycles. The minimum Gasteiger partial charge on any atom is -0.378 e. The number of pyridine rings is 1. The molecule has 1 aromatic heterocycles. The fraction of sp³-hybridized carbons (Fsp3) is 0.282. The predicted octanol–water partition coefficient (Wildman–Crippen LogP) is 6.10. The van der Waals surface area contributed by atoms with Crippen LogP contribution >= 0.6 is 0 Å². The summed E-state index contributed by atoms with van der Waals surface area (Å²) in [6.45, 7) is 14.0. The van der Waals surface area contributed by atoms with Gasteiger partial charge in [-0.15, -0.1) is 0 Å². The molecule has 0 bridgehead atoms. The zero-order valence-electron chi connectivity index (χ0n) is 28.2. The van der Waals surface area contributed by atoms with Crippen molar-refractivity contribution in [2.75, 3.05) is 36.9 Å². The van der Waals surface area contributed by atoms with Crippen molar-refractivity contribution in [3.63, 3.8) is 0 Å². The van der Waals surface area contributed by atoms with Crippen LogP contribution in [0, 0.1) is 6.92 Å². The van der Waals surface area contributed by atoms with E-state index < -0.39 is 5.91 Å². The highest BCUT2D eigenvalue weighted by Crippen LogP contribution is 2.33. The molecular weight excluding hydrogens is 604 g/mol. The molecule has 0 radical (unpaired) electrons. The normalized spacial score (nSPS) is 13.1. The molecule has 9 nitrogen and oxygen atoms in total. The second-order valence-corrected chi connectivity index (χ2v) is 13.1. The zero-order chi connectivity index (χ0) is 34.6. The lowest BCUT2D eigenvalue weighted by Gasteiger charge is -2.26. The summed E-state index contributed by atoms with van der Waals surface area (Å²) < 4.78 is 6.89. The van der Waals surface area contributed by atoms with Gasteiger partial charge in [-0.25, -0.2) is 0 Å². The molecule has 1 aliphatic heterocycles. The number of aromatic nitrogens is 1. The Morgan fingerprint density at radius 3 is 2.19 bits per heavy atom. The number of carbonyl (C=O) groups excluding carboxylic acids is 3. The quantitative estimate of drug-likeness (QED) is 0.225. The fourth-order valence-electron chi connectivity index (χ4n) is 5.71. The third-order valence-electron chi connectivity index (χ3n) is 8.58. The van der Waals surface area contributed by atoms with Crippen LogP contribution in [-0.4, -0.2) is 53.5 Å². The lowest BCUT2D eigenvalue weighted by molar-refractivity contribution is -0.111. The van der Waals surface area contributed by atoms with Gasteiger partial charge in [0.25, 0.3) is 17.4 Å². The van der Waals surface area contributed by atoms with Crippen molar-refractivity contribution in [3.05, 3.63) is 129 Å². The monoisotopic (exact) mass is 646 g/mol. The van der Waals surface area contributed by atoms with Gasteiger partial charge >= 0.3 is 0 Å². The maximum Gasteiger partial charge on any atom is 0.255 e. The average Bonchev–Trinajstić information content (AvgIpc) is 3.08. The van der Waals surface area contributed by atoms with Crippen LogP contribution in [0.3, 0.4) is 0 Å².